The minimum Gasteiger partial charge on any atom is -0.289 e. The van der Waals surface area contributed by atoms with E-state index in [0.29, 0.717) is 6.42 Å². The molecule has 0 bridgehead atoms. The summed E-state index contributed by atoms with van der Waals surface area (Å²) >= 11 is 0. The van der Waals surface area contributed by atoms with Crippen LogP contribution >= 0.6 is 0 Å². The van der Waals surface area contributed by atoms with Gasteiger partial charge in [0.05, 0.1) is 0 Å². The number of carbonyl (C=O) groups excluding carboxylic acids is 1. The molecular formula is C22H20O. The number of carbonyl (C=O) groups is 1. The van der Waals surface area contributed by atoms with Crippen molar-refractivity contribution in [3.63, 3.8) is 0 Å². The topological polar surface area (TPSA) is 17.1 Å². The maximum atomic E-state index is 12.7. The Kier molecular flexibility index (Phi) is 4.38. The van der Waals surface area contributed by atoms with Crippen LogP contribution in [0, 0.1) is 13.8 Å². The van der Waals surface area contributed by atoms with Crippen LogP contribution in [0.1, 0.15) is 28.7 Å². The first-order valence-corrected chi connectivity index (χ1v) is 7.89. The zero-order valence-corrected chi connectivity index (χ0v) is 13.5. The van der Waals surface area contributed by atoms with Crippen LogP contribution in [-0.2, 0) is 4.79 Å². The molecule has 0 radical (unpaired) electrons. The number of aryl methyl sites for hydroxylation is 2. The lowest BCUT2D eigenvalue weighted by molar-refractivity contribution is -0.112. The van der Waals surface area contributed by atoms with Gasteiger partial charge in [-0.15, -0.1) is 0 Å². The van der Waals surface area contributed by atoms with Gasteiger partial charge < -0.3 is 0 Å². The van der Waals surface area contributed by atoms with Crippen LogP contribution in [0.3, 0.4) is 0 Å². The molecular weight excluding hydrogens is 280 g/mol. The highest BCUT2D eigenvalue weighted by Crippen LogP contribution is 2.23. The van der Waals surface area contributed by atoms with Gasteiger partial charge in [0.25, 0.3) is 0 Å². The van der Waals surface area contributed by atoms with Gasteiger partial charge in [-0.25, -0.2) is 0 Å². The summed E-state index contributed by atoms with van der Waals surface area (Å²) in [6.45, 7) is 4.12. The normalized spacial score (nSPS) is 17.9. The van der Waals surface area contributed by atoms with Crippen LogP contribution in [0.15, 0.2) is 71.8 Å². The molecule has 23 heavy (non-hydrogen) atoms. The first-order chi connectivity index (χ1) is 11.1. The van der Waals surface area contributed by atoms with E-state index in [1.54, 1.807) is 0 Å². The number of ketones is 1. The summed E-state index contributed by atoms with van der Waals surface area (Å²) in [4.78, 5) is 12.7. The second-order valence-corrected chi connectivity index (χ2v) is 6.03. The highest BCUT2D eigenvalue weighted by Gasteiger charge is 2.16. The van der Waals surface area contributed by atoms with Crippen molar-refractivity contribution in [2.45, 2.75) is 20.3 Å². The van der Waals surface area contributed by atoms with Gasteiger partial charge in [0, 0.05) is 11.1 Å². The van der Waals surface area contributed by atoms with Crippen molar-refractivity contribution < 1.29 is 4.79 Å². The molecule has 114 valence electrons. The third-order valence-electron chi connectivity index (χ3n) is 4.01. The molecule has 0 heterocycles. The Balaban J connectivity index is 1.89. The van der Waals surface area contributed by atoms with Crippen LogP contribution in [-0.4, -0.2) is 5.78 Å². The SMILES string of the molecule is Cc1ccc(/C=C2\C=CC/C(=C\c3ccc(C)cc3)C2=O)cc1. The van der Waals surface area contributed by atoms with Crippen molar-refractivity contribution in [1.29, 1.82) is 0 Å². The lowest BCUT2D eigenvalue weighted by Gasteiger charge is -2.11. The number of rotatable bonds is 2. The zero-order chi connectivity index (χ0) is 16.2. The zero-order valence-electron chi connectivity index (χ0n) is 13.5. The maximum absolute atomic E-state index is 12.7. The molecule has 2 aromatic rings. The van der Waals surface area contributed by atoms with Gasteiger partial charge in [0.15, 0.2) is 5.78 Å². The summed E-state index contributed by atoms with van der Waals surface area (Å²) in [6, 6.07) is 16.5. The standard InChI is InChI=1S/C22H20O/c1-16-6-10-18(11-7-16)14-20-4-3-5-21(22(20)23)15-19-12-8-17(2)9-13-19/h3-4,6-15H,5H2,1-2H3/b20-14+,21-15+. The van der Waals surface area contributed by atoms with E-state index in [1.807, 2.05) is 30.4 Å². The molecule has 1 heteroatoms. The Morgan fingerprint density at radius 2 is 1.30 bits per heavy atom. The Bertz CT molecular complexity index is 800. The molecule has 0 aliphatic heterocycles. The van der Waals surface area contributed by atoms with E-state index >= 15 is 0 Å². The quantitative estimate of drug-likeness (QED) is 0.688. The highest BCUT2D eigenvalue weighted by atomic mass is 16.1. The molecule has 3 rings (SSSR count). The van der Waals surface area contributed by atoms with Crippen LogP contribution < -0.4 is 0 Å². The number of Topliss-reactive ketones (excluding diaryl/α,β-unsaturated/α-hetero) is 1. The maximum Gasteiger partial charge on any atom is 0.189 e. The number of hydrogen-bond acceptors (Lipinski definition) is 1. The van der Waals surface area contributed by atoms with Crippen LogP contribution in [0.4, 0.5) is 0 Å². The van der Waals surface area contributed by atoms with Gasteiger partial charge in [0.2, 0.25) is 0 Å². The molecule has 0 spiro atoms. The van der Waals surface area contributed by atoms with Crippen LogP contribution in [0.25, 0.3) is 12.2 Å². The fourth-order valence-corrected chi connectivity index (χ4v) is 2.61. The molecule has 0 aromatic heterocycles. The first-order valence-electron chi connectivity index (χ1n) is 7.89. The molecule has 0 unspecified atom stereocenters. The van der Waals surface area contributed by atoms with Gasteiger partial charge in [-0.3, -0.25) is 4.79 Å². The third-order valence-corrected chi connectivity index (χ3v) is 4.01. The van der Waals surface area contributed by atoms with Crippen molar-refractivity contribution in [3.8, 4) is 0 Å². The van der Waals surface area contributed by atoms with Crippen molar-refractivity contribution in [1.82, 2.24) is 0 Å². The molecule has 0 N–H and O–H groups in total. The van der Waals surface area contributed by atoms with E-state index in [4.69, 9.17) is 0 Å². The molecule has 0 amide bonds. The van der Waals surface area contributed by atoms with E-state index in [1.165, 1.54) is 11.1 Å². The molecule has 0 saturated carbocycles. The van der Waals surface area contributed by atoms with E-state index in [9.17, 15) is 4.79 Å². The minimum atomic E-state index is 0.119. The second kappa shape index (κ2) is 6.62. The number of hydrogen-bond donors (Lipinski definition) is 0. The van der Waals surface area contributed by atoms with Crippen molar-refractivity contribution in [2.24, 2.45) is 0 Å². The molecule has 1 aliphatic rings. The summed E-state index contributed by atoms with van der Waals surface area (Å²) in [6.07, 6.45) is 8.63. The Hall–Kier alpha value is -2.67. The Labute approximate surface area is 137 Å². The van der Waals surface area contributed by atoms with E-state index in [0.717, 1.165) is 22.3 Å². The summed E-state index contributed by atoms with van der Waals surface area (Å²) in [7, 11) is 0. The third kappa shape index (κ3) is 3.75. The van der Waals surface area contributed by atoms with Gasteiger partial charge in [-0.1, -0.05) is 71.8 Å². The monoisotopic (exact) mass is 300 g/mol. The summed E-state index contributed by atoms with van der Waals surface area (Å²) in [5.41, 5.74) is 6.16. The Morgan fingerprint density at radius 1 is 0.783 bits per heavy atom. The smallest absolute Gasteiger partial charge is 0.189 e. The van der Waals surface area contributed by atoms with E-state index in [2.05, 4.69) is 56.3 Å². The molecule has 1 nitrogen and oxygen atoms in total. The lowest BCUT2D eigenvalue weighted by atomic mass is 9.92. The molecule has 2 aromatic carbocycles. The molecule has 0 saturated heterocycles. The largest absolute Gasteiger partial charge is 0.289 e. The fourth-order valence-electron chi connectivity index (χ4n) is 2.61. The first kappa shape index (κ1) is 15.2. The Morgan fingerprint density at radius 3 is 1.87 bits per heavy atom. The predicted octanol–water partition coefficient (Wildman–Crippen LogP) is 5.30. The van der Waals surface area contributed by atoms with E-state index in [-0.39, 0.29) is 5.78 Å². The van der Waals surface area contributed by atoms with Gasteiger partial charge >= 0.3 is 0 Å². The second-order valence-electron chi connectivity index (χ2n) is 6.03. The van der Waals surface area contributed by atoms with Crippen molar-refractivity contribution >= 4 is 17.9 Å². The van der Waals surface area contributed by atoms with Crippen molar-refractivity contribution in [3.05, 3.63) is 94.1 Å². The van der Waals surface area contributed by atoms with Gasteiger partial charge in [-0.2, -0.15) is 0 Å². The average molecular weight is 300 g/mol. The number of benzene rings is 2. The lowest BCUT2D eigenvalue weighted by Crippen LogP contribution is -2.08. The summed E-state index contributed by atoms with van der Waals surface area (Å²) < 4.78 is 0. The molecule has 0 fully saturated rings. The highest BCUT2D eigenvalue weighted by molar-refractivity contribution is 6.16. The average Bonchev–Trinajstić information content (AvgIpc) is 2.55. The van der Waals surface area contributed by atoms with Gasteiger partial charge in [0.1, 0.15) is 0 Å². The van der Waals surface area contributed by atoms with Crippen molar-refractivity contribution in [2.75, 3.05) is 0 Å². The summed E-state index contributed by atoms with van der Waals surface area (Å²) in [5.74, 6) is 0.119. The van der Waals surface area contributed by atoms with Crippen LogP contribution in [0.5, 0.6) is 0 Å². The molecule has 0 atom stereocenters. The summed E-state index contributed by atoms with van der Waals surface area (Å²) in [5, 5.41) is 0. The number of allylic oxidation sites excluding steroid dienone is 4. The molecule has 1 aliphatic carbocycles. The predicted molar refractivity (Wildman–Crippen MR) is 97.1 cm³/mol. The van der Waals surface area contributed by atoms with Crippen LogP contribution in [0.2, 0.25) is 0 Å². The van der Waals surface area contributed by atoms with Gasteiger partial charge in [-0.05, 0) is 43.5 Å². The fraction of sp³-hybridized carbons (Fsp3) is 0.136. The van der Waals surface area contributed by atoms with E-state index < -0.39 is 0 Å². The minimum absolute atomic E-state index is 0.119.